The highest BCUT2D eigenvalue weighted by Gasteiger charge is 2.22. The molecule has 1 aromatic rings. The van der Waals surface area contributed by atoms with Gasteiger partial charge in [-0.25, -0.2) is 4.98 Å². The summed E-state index contributed by atoms with van der Waals surface area (Å²) in [5, 5.41) is 3.35. The Morgan fingerprint density at radius 3 is 3.07 bits per heavy atom. The van der Waals surface area contributed by atoms with Crippen molar-refractivity contribution in [2.45, 2.75) is 45.1 Å². The summed E-state index contributed by atoms with van der Waals surface area (Å²) in [6.45, 7) is 5.44. The minimum Gasteiger partial charge on any atom is -0.334 e. The summed E-state index contributed by atoms with van der Waals surface area (Å²) in [7, 11) is 0. The van der Waals surface area contributed by atoms with Gasteiger partial charge in [0.1, 0.15) is 0 Å². The van der Waals surface area contributed by atoms with E-state index in [1.165, 1.54) is 31.4 Å². The maximum atomic E-state index is 4.27. The largest absolute Gasteiger partial charge is 0.334 e. The first-order valence-corrected chi connectivity index (χ1v) is 6.12. The van der Waals surface area contributed by atoms with Crippen molar-refractivity contribution in [3.05, 3.63) is 18.2 Å². The summed E-state index contributed by atoms with van der Waals surface area (Å²) in [5.41, 5.74) is 1.46. The van der Waals surface area contributed by atoms with E-state index in [1.54, 1.807) is 0 Å². The molecule has 84 valence electrons. The van der Waals surface area contributed by atoms with Gasteiger partial charge in [0, 0.05) is 24.4 Å². The van der Waals surface area contributed by atoms with E-state index in [0.29, 0.717) is 0 Å². The van der Waals surface area contributed by atoms with Gasteiger partial charge in [-0.2, -0.15) is 0 Å². The van der Waals surface area contributed by atoms with Crippen molar-refractivity contribution < 1.29 is 0 Å². The van der Waals surface area contributed by atoms with Crippen LogP contribution in [0.5, 0.6) is 0 Å². The lowest BCUT2D eigenvalue weighted by Gasteiger charge is -2.26. The van der Waals surface area contributed by atoms with E-state index >= 15 is 0 Å². The number of aryl methyl sites for hydroxylation is 1. The average Bonchev–Trinajstić information content (AvgIpc) is 2.58. The Kier molecular flexibility index (Phi) is 3.78. The summed E-state index contributed by atoms with van der Waals surface area (Å²) < 4.78 is 2.33. The van der Waals surface area contributed by atoms with Gasteiger partial charge in [-0.15, -0.1) is 0 Å². The first-order chi connectivity index (χ1) is 7.42. The summed E-state index contributed by atoms with van der Waals surface area (Å²) in [4.78, 5) is 4.27. The molecule has 0 aliphatic heterocycles. The molecule has 3 heteroatoms. The molecule has 0 bridgehead atoms. The van der Waals surface area contributed by atoms with Gasteiger partial charge in [0.2, 0.25) is 0 Å². The van der Waals surface area contributed by atoms with E-state index in [1.807, 2.05) is 6.33 Å². The number of imidazole rings is 1. The first-order valence-electron chi connectivity index (χ1n) is 6.12. The monoisotopic (exact) mass is 207 g/mol. The fourth-order valence-corrected chi connectivity index (χ4v) is 2.11. The Morgan fingerprint density at radius 2 is 2.40 bits per heavy atom. The highest BCUT2D eigenvalue weighted by atomic mass is 15.0. The molecule has 0 radical (unpaired) electrons. The lowest BCUT2D eigenvalue weighted by atomic mass is 9.83. The molecular weight excluding hydrogens is 186 g/mol. The van der Waals surface area contributed by atoms with Crippen LogP contribution in [0.3, 0.4) is 0 Å². The van der Waals surface area contributed by atoms with Crippen molar-refractivity contribution in [1.29, 1.82) is 0 Å². The Hall–Kier alpha value is -0.830. The molecular formula is C12H21N3. The van der Waals surface area contributed by atoms with Crippen LogP contribution in [0.4, 0.5) is 0 Å². The zero-order chi connectivity index (χ0) is 10.5. The third-order valence-electron chi connectivity index (χ3n) is 3.27. The van der Waals surface area contributed by atoms with Gasteiger partial charge in [-0.3, -0.25) is 0 Å². The van der Waals surface area contributed by atoms with Crippen LogP contribution < -0.4 is 5.32 Å². The predicted octanol–water partition coefficient (Wildman–Crippen LogP) is 2.15. The number of hydrogen-bond acceptors (Lipinski definition) is 2. The maximum Gasteiger partial charge on any atom is 0.0948 e. The lowest BCUT2D eigenvalue weighted by molar-refractivity contribution is 0.394. The fraction of sp³-hybridized carbons (Fsp3) is 0.750. The molecule has 1 aliphatic rings. The molecule has 2 rings (SSSR count). The third-order valence-corrected chi connectivity index (χ3v) is 3.27. The second-order valence-corrected chi connectivity index (χ2v) is 4.35. The molecule has 0 unspecified atom stereocenters. The van der Waals surface area contributed by atoms with Gasteiger partial charge in [-0.05, 0) is 32.4 Å². The number of nitrogens with one attached hydrogen (secondary N) is 1. The van der Waals surface area contributed by atoms with Crippen LogP contribution in [0.1, 0.15) is 44.2 Å². The van der Waals surface area contributed by atoms with Crippen LogP contribution in [0.25, 0.3) is 0 Å². The summed E-state index contributed by atoms with van der Waals surface area (Å²) in [5.74, 6) is 0.798. The SMILES string of the molecule is CCNCCCn1cncc1C1CCC1. The van der Waals surface area contributed by atoms with Crippen LogP contribution in [0.2, 0.25) is 0 Å². The molecule has 0 amide bonds. The number of rotatable bonds is 6. The Balaban J connectivity index is 1.82. The second-order valence-electron chi connectivity index (χ2n) is 4.35. The Bertz CT molecular complexity index is 289. The van der Waals surface area contributed by atoms with E-state index < -0.39 is 0 Å². The van der Waals surface area contributed by atoms with Gasteiger partial charge in [0.15, 0.2) is 0 Å². The zero-order valence-corrected chi connectivity index (χ0v) is 9.58. The number of aromatic nitrogens is 2. The van der Waals surface area contributed by atoms with Gasteiger partial charge in [0.05, 0.1) is 6.33 Å². The van der Waals surface area contributed by atoms with E-state index in [4.69, 9.17) is 0 Å². The topological polar surface area (TPSA) is 29.9 Å². The molecule has 1 aromatic heterocycles. The van der Waals surface area contributed by atoms with E-state index in [9.17, 15) is 0 Å². The van der Waals surface area contributed by atoms with Crippen molar-refractivity contribution in [3.8, 4) is 0 Å². The van der Waals surface area contributed by atoms with Crippen molar-refractivity contribution in [3.63, 3.8) is 0 Å². The molecule has 1 heterocycles. The smallest absolute Gasteiger partial charge is 0.0948 e. The Labute approximate surface area is 91.9 Å². The lowest BCUT2D eigenvalue weighted by Crippen LogP contribution is -2.18. The minimum absolute atomic E-state index is 0.798. The average molecular weight is 207 g/mol. The van der Waals surface area contributed by atoms with E-state index in [0.717, 1.165) is 25.6 Å². The van der Waals surface area contributed by atoms with Crippen molar-refractivity contribution in [2.24, 2.45) is 0 Å². The van der Waals surface area contributed by atoms with Crippen LogP contribution in [0.15, 0.2) is 12.5 Å². The molecule has 15 heavy (non-hydrogen) atoms. The maximum absolute atomic E-state index is 4.27. The molecule has 0 atom stereocenters. The molecule has 1 fully saturated rings. The fourth-order valence-electron chi connectivity index (χ4n) is 2.11. The second kappa shape index (κ2) is 5.31. The molecule has 1 N–H and O–H groups in total. The van der Waals surface area contributed by atoms with Crippen LogP contribution in [-0.2, 0) is 6.54 Å². The first kappa shape index (κ1) is 10.7. The van der Waals surface area contributed by atoms with E-state index in [-0.39, 0.29) is 0 Å². The Morgan fingerprint density at radius 1 is 1.53 bits per heavy atom. The van der Waals surface area contributed by atoms with Crippen LogP contribution >= 0.6 is 0 Å². The van der Waals surface area contributed by atoms with Gasteiger partial charge in [0.25, 0.3) is 0 Å². The molecule has 1 saturated carbocycles. The normalized spacial score (nSPS) is 16.6. The molecule has 0 aromatic carbocycles. The van der Waals surface area contributed by atoms with E-state index in [2.05, 4.69) is 28.0 Å². The van der Waals surface area contributed by atoms with Crippen LogP contribution in [0, 0.1) is 0 Å². The molecule has 0 saturated heterocycles. The van der Waals surface area contributed by atoms with Gasteiger partial charge < -0.3 is 9.88 Å². The number of nitrogens with zero attached hydrogens (tertiary/aromatic N) is 2. The van der Waals surface area contributed by atoms with Crippen molar-refractivity contribution in [1.82, 2.24) is 14.9 Å². The summed E-state index contributed by atoms with van der Waals surface area (Å²) >= 11 is 0. The predicted molar refractivity (Wildman–Crippen MR) is 62.0 cm³/mol. The zero-order valence-electron chi connectivity index (χ0n) is 9.58. The van der Waals surface area contributed by atoms with Gasteiger partial charge in [-0.1, -0.05) is 13.3 Å². The van der Waals surface area contributed by atoms with Crippen molar-refractivity contribution in [2.75, 3.05) is 13.1 Å². The quantitative estimate of drug-likeness (QED) is 0.724. The molecule has 0 spiro atoms. The molecule has 1 aliphatic carbocycles. The number of hydrogen-bond donors (Lipinski definition) is 1. The molecule has 3 nitrogen and oxygen atoms in total. The van der Waals surface area contributed by atoms with Gasteiger partial charge >= 0.3 is 0 Å². The minimum atomic E-state index is 0.798. The summed E-state index contributed by atoms with van der Waals surface area (Å²) in [6, 6.07) is 0. The highest BCUT2D eigenvalue weighted by molar-refractivity contribution is 5.09. The van der Waals surface area contributed by atoms with Crippen molar-refractivity contribution >= 4 is 0 Å². The third kappa shape index (κ3) is 2.59. The standard InChI is InChI=1S/C12H21N3/c1-2-13-7-4-8-15-10-14-9-12(15)11-5-3-6-11/h9-11,13H,2-8H2,1H3. The van der Waals surface area contributed by atoms with Crippen LogP contribution in [-0.4, -0.2) is 22.6 Å². The summed E-state index contributed by atoms with van der Waals surface area (Å²) in [6.07, 6.45) is 9.35. The highest BCUT2D eigenvalue weighted by Crippen LogP contribution is 2.35.